The molecule has 0 radical (unpaired) electrons. The van der Waals surface area contributed by atoms with Gasteiger partial charge in [0.15, 0.2) is 6.23 Å². The zero-order valence-electron chi connectivity index (χ0n) is 11.5. The molecule has 8 nitrogen and oxygen atoms in total. The summed E-state index contributed by atoms with van der Waals surface area (Å²) < 4.78 is 17.0. The zero-order chi connectivity index (χ0) is 14.9. The summed E-state index contributed by atoms with van der Waals surface area (Å²) in [6.45, 7) is 1.75. The number of aliphatic hydroxyl groups is 1. The molecule has 1 aromatic heterocycles. The lowest BCUT2D eigenvalue weighted by Crippen LogP contribution is -2.39. The summed E-state index contributed by atoms with van der Waals surface area (Å²) in [5, 5.41) is 10.1. The molecule has 2 N–H and O–H groups in total. The van der Waals surface area contributed by atoms with Crippen LogP contribution in [0.3, 0.4) is 0 Å². The molecule has 1 aliphatic rings. The molecule has 0 aromatic carbocycles. The van der Waals surface area contributed by atoms with E-state index in [2.05, 4.69) is 4.98 Å². The third-order valence-electron chi connectivity index (χ3n) is 3.34. The summed E-state index contributed by atoms with van der Waals surface area (Å²) in [4.78, 5) is 25.4. The molecule has 8 heteroatoms. The van der Waals surface area contributed by atoms with Crippen molar-refractivity contribution in [1.82, 2.24) is 9.55 Å². The van der Waals surface area contributed by atoms with E-state index in [-0.39, 0.29) is 6.61 Å². The second-order valence-corrected chi connectivity index (χ2v) is 4.69. The maximum absolute atomic E-state index is 11.9. The van der Waals surface area contributed by atoms with Crippen molar-refractivity contribution in [3.05, 3.63) is 32.6 Å². The number of aromatic amines is 1. The summed E-state index contributed by atoms with van der Waals surface area (Å²) in [7, 11) is 2.91. The maximum Gasteiger partial charge on any atom is 0.330 e. The number of aryl methyl sites for hydroxylation is 1. The van der Waals surface area contributed by atoms with Gasteiger partial charge in [0, 0.05) is 26.0 Å². The molecular weight excluding hydrogens is 268 g/mol. The molecule has 0 saturated carbocycles. The Kier molecular flexibility index (Phi) is 4.39. The van der Waals surface area contributed by atoms with Gasteiger partial charge in [-0.3, -0.25) is 14.3 Å². The third kappa shape index (κ3) is 2.55. The maximum atomic E-state index is 11.9. The smallest absolute Gasteiger partial charge is 0.330 e. The van der Waals surface area contributed by atoms with Gasteiger partial charge < -0.3 is 19.3 Å². The molecule has 1 aliphatic heterocycles. The van der Waals surface area contributed by atoms with Crippen LogP contribution < -0.4 is 11.2 Å². The van der Waals surface area contributed by atoms with Crippen molar-refractivity contribution in [2.24, 2.45) is 0 Å². The summed E-state index contributed by atoms with van der Waals surface area (Å²) in [5.74, 6) is 0. The first-order valence-corrected chi connectivity index (χ1v) is 6.17. The standard InChI is InChI=1S/C12H18N2O6/c1-6-4-14(12(17)13-10(6)16)11-9(19-3)8(15)7(20-11)5-18-2/h4,7-9,11,15H,5H2,1-3H3,(H,13,16,17)/t7-,8+,9-,11+/m1/s1. The van der Waals surface area contributed by atoms with Crippen molar-refractivity contribution in [1.29, 1.82) is 0 Å². The summed E-state index contributed by atoms with van der Waals surface area (Å²) in [6.07, 6.45) is -1.69. The number of aromatic nitrogens is 2. The molecule has 2 rings (SSSR count). The van der Waals surface area contributed by atoms with E-state index in [1.807, 2.05) is 0 Å². The fourth-order valence-electron chi connectivity index (χ4n) is 2.27. The Hall–Kier alpha value is -1.48. The first kappa shape index (κ1) is 14.9. The van der Waals surface area contributed by atoms with E-state index in [0.29, 0.717) is 5.56 Å². The molecule has 1 aromatic rings. The van der Waals surface area contributed by atoms with Crippen LogP contribution in [0.25, 0.3) is 0 Å². The van der Waals surface area contributed by atoms with Gasteiger partial charge in [-0.25, -0.2) is 4.79 Å². The predicted octanol–water partition coefficient (Wildman–Crippen LogP) is -1.24. The highest BCUT2D eigenvalue weighted by Gasteiger charge is 2.45. The molecule has 1 saturated heterocycles. The van der Waals surface area contributed by atoms with Crippen molar-refractivity contribution in [3.8, 4) is 0 Å². The van der Waals surface area contributed by atoms with Gasteiger partial charge in [-0.2, -0.15) is 0 Å². The highest BCUT2D eigenvalue weighted by molar-refractivity contribution is 5.03. The van der Waals surface area contributed by atoms with Crippen LogP contribution in [0.5, 0.6) is 0 Å². The molecular formula is C12H18N2O6. The molecule has 0 spiro atoms. The van der Waals surface area contributed by atoms with E-state index >= 15 is 0 Å². The van der Waals surface area contributed by atoms with Crippen LogP contribution in [-0.4, -0.2) is 53.8 Å². The molecule has 0 bridgehead atoms. The molecule has 4 atom stereocenters. The molecule has 0 amide bonds. The number of H-pyrrole nitrogens is 1. The van der Waals surface area contributed by atoms with Gasteiger partial charge in [0.2, 0.25) is 0 Å². The van der Waals surface area contributed by atoms with Crippen LogP contribution >= 0.6 is 0 Å². The highest BCUT2D eigenvalue weighted by Crippen LogP contribution is 2.30. The first-order valence-electron chi connectivity index (χ1n) is 6.17. The Labute approximate surface area is 114 Å². The highest BCUT2D eigenvalue weighted by atomic mass is 16.6. The van der Waals surface area contributed by atoms with Crippen molar-refractivity contribution in [2.45, 2.75) is 31.5 Å². The minimum atomic E-state index is -0.927. The number of hydrogen-bond acceptors (Lipinski definition) is 6. The van der Waals surface area contributed by atoms with Crippen molar-refractivity contribution >= 4 is 0 Å². The van der Waals surface area contributed by atoms with E-state index < -0.39 is 35.8 Å². The molecule has 0 unspecified atom stereocenters. The lowest BCUT2D eigenvalue weighted by Gasteiger charge is -2.20. The average Bonchev–Trinajstić information content (AvgIpc) is 2.71. The van der Waals surface area contributed by atoms with E-state index in [9.17, 15) is 14.7 Å². The van der Waals surface area contributed by atoms with Crippen molar-refractivity contribution in [2.75, 3.05) is 20.8 Å². The van der Waals surface area contributed by atoms with Gasteiger partial charge in [0.05, 0.1) is 6.61 Å². The summed E-state index contributed by atoms with van der Waals surface area (Å²) in [6, 6.07) is 0. The monoisotopic (exact) mass is 286 g/mol. The van der Waals surface area contributed by atoms with Gasteiger partial charge >= 0.3 is 5.69 Å². The normalized spacial score (nSPS) is 29.8. The Morgan fingerprint density at radius 3 is 2.75 bits per heavy atom. The average molecular weight is 286 g/mol. The van der Waals surface area contributed by atoms with E-state index in [1.165, 1.54) is 25.0 Å². The van der Waals surface area contributed by atoms with Gasteiger partial charge in [-0.15, -0.1) is 0 Å². The molecule has 1 fully saturated rings. The Balaban J connectivity index is 2.39. The number of hydrogen-bond donors (Lipinski definition) is 2. The van der Waals surface area contributed by atoms with Crippen LogP contribution in [0.1, 0.15) is 11.8 Å². The Morgan fingerprint density at radius 1 is 1.45 bits per heavy atom. The molecule has 0 aliphatic carbocycles. The quantitative estimate of drug-likeness (QED) is 0.718. The number of nitrogens with one attached hydrogen (secondary N) is 1. The fraction of sp³-hybridized carbons (Fsp3) is 0.667. The van der Waals surface area contributed by atoms with Crippen LogP contribution in [0.15, 0.2) is 15.8 Å². The number of rotatable bonds is 4. The first-order chi connectivity index (χ1) is 9.49. The lowest BCUT2D eigenvalue weighted by atomic mass is 10.1. The minimum Gasteiger partial charge on any atom is -0.387 e. The third-order valence-corrected chi connectivity index (χ3v) is 3.34. The van der Waals surface area contributed by atoms with Gasteiger partial charge in [0.25, 0.3) is 5.56 Å². The van der Waals surface area contributed by atoms with Crippen molar-refractivity contribution in [3.63, 3.8) is 0 Å². The summed E-state index contributed by atoms with van der Waals surface area (Å²) >= 11 is 0. The second kappa shape index (κ2) is 5.88. The van der Waals surface area contributed by atoms with Gasteiger partial charge in [-0.1, -0.05) is 0 Å². The van der Waals surface area contributed by atoms with Crippen LogP contribution in [0.2, 0.25) is 0 Å². The molecule has 112 valence electrons. The van der Waals surface area contributed by atoms with E-state index in [0.717, 1.165) is 0 Å². The number of methoxy groups -OCH3 is 2. The van der Waals surface area contributed by atoms with Crippen LogP contribution in [0.4, 0.5) is 0 Å². The van der Waals surface area contributed by atoms with E-state index in [4.69, 9.17) is 14.2 Å². The predicted molar refractivity (Wildman–Crippen MR) is 68.6 cm³/mol. The largest absolute Gasteiger partial charge is 0.387 e. The number of aliphatic hydroxyl groups excluding tert-OH is 1. The van der Waals surface area contributed by atoms with Crippen molar-refractivity contribution < 1.29 is 19.3 Å². The van der Waals surface area contributed by atoms with Crippen LogP contribution in [0, 0.1) is 6.92 Å². The summed E-state index contributed by atoms with van der Waals surface area (Å²) in [5.41, 5.74) is -0.696. The molecule has 2 heterocycles. The lowest BCUT2D eigenvalue weighted by molar-refractivity contribution is -0.0670. The Bertz CT molecular complexity index is 580. The number of ether oxygens (including phenoxy) is 3. The SMILES string of the molecule is COC[C@H]1O[C@H](n2cc(C)c(=O)[nH]c2=O)[C@H](OC)[C@H]1O. The second-order valence-electron chi connectivity index (χ2n) is 4.69. The number of nitrogens with zero attached hydrogens (tertiary/aromatic N) is 1. The van der Waals surface area contributed by atoms with Gasteiger partial charge in [-0.05, 0) is 6.92 Å². The van der Waals surface area contributed by atoms with E-state index in [1.54, 1.807) is 6.92 Å². The Morgan fingerprint density at radius 2 is 2.15 bits per heavy atom. The fourth-order valence-corrected chi connectivity index (χ4v) is 2.27. The minimum absolute atomic E-state index is 0.175. The zero-order valence-corrected chi connectivity index (χ0v) is 11.5. The van der Waals surface area contributed by atoms with Gasteiger partial charge in [0.1, 0.15) is 18.3 Å². The molecule has 20 heavy (non-hydrogen) atoms. The van der Waals surface area contributed by atoms with Crippen LogP contribution in [-0.2, 0) is 14.2 Å². The topological polar surface area (TPSA) is 103 Å².